The molecule has 45 heavy (non-hydrogen) atoms. The van der Waals surface area contributed by atoms with Crippen molar-refractivity contribution in [1.29, 1.82) is 0 Å². The maximum atomic E-state index is 13.2. The van der Waals surface area contributed by atoms with Crippen LogP contribution in [0, 0.1) is 6.92 Å². The summed E-state index contributed by atoms with van der Waals surface area (Å²) in [5, 5.41) is 4.41. The number of pyridine rings is 1. The van der Waals surface area contributed by atoms with E-state index in [0.29, 0.717) is 50.6 Å². The number of piperazine rings is 1. The van der Waals surface area contributed by atoms with Gasteiger partial charge in [0.1, 0.15) is 18.1 Å². The zero-order chi connectivity index (χ0) is 33.6. The normalized spacial score (nSPS) is 14.4. The molecule has 0 radical (unpaired) electrons. The van der Waals surface area contributed by atoms with Gasteiger partial charge in [0.15, 0.2) is 5.82 Å². The molecule has 2 aromatic rings. The number of nitrogens with zero attached hydrogens (tertiary/aromatic N) is 6. The predicted molar refractivity (Wildman–Crippen MR) is 168 cm³/mol. The average molecular weight is 655 g/mol. The summed E-state index contributed by atoms with van der Waals surface area (Å²) in [5.41, 5.74) is -1.53. The first-order valence-corrected chi connectivity index (χ1v) is 18.8. The van der Waals surface area contributed by atoms with E-state index in [1.54, 1.807) is 32.6 Å². The Labute approximate surface area is 263 Å². The van der Waals surface area contributed by atoms with E-state index in [1.165, 1.54) is 21.7 Å². The standard InChI is InChI=1S/C30H45F3N6O5Si/c1-22-19-25(35-39(27(22)41)21-43-17-18-45(5,6)7)38(28(42)44-29(2,3)4)12-8-9-26(40)37-15-13-36(14-16-37)24-11-10-23(20-34-24)30(31,32)33/h10-11,19-20H,8-9,12-18,21H2,1-7H3. The quantitative estimate of drug-likeness (QED) is 0.242. The second-order valence-electron chi connectivity index (χ2n) is 13.3. The summed E-state index contributed by atoms with van der Waals surface area (Å²) in [6, 6.07) is 4.80. The van der Waals surface area contributed by atoms with Gasteiger partial charge in [-0.25, -0.2) is 14.5 Å². The van der Waals surface area contributed by atoms with Gasteiger partial charge in [-0.3, -0.25) is 14.5 Å². The van der Waals surface area contributed by atoms with E-state index in [9.17, 15) is 27.6 Å². The largest absolute Gasteiger partial charge is 0.443 e. The lowest BCUT2D eigenvalue weighted by molar-refractivity contribution is -0.138. The Hall–Kier alpha value is -3.46. The van der Waals surface area contributed by atoms with E-state index < -0.39 is 31.5 Å². The van der Waals surface area contributed by atoms with E-state index in [0.717, 1.165) is 18.3 Å². The Morgan fingerprint density at radius 1 is 1.07 bits per heavy atom. The summed E-state index contributed by atoms with van der Waals surface area (Å²) in [6.45, 7) is 15.8. The average Bonchev–Trinajstić information content (AvgIpc) is 2.93. The van der Waals surface area contributed by atoms with Gasteiger partial charge in [-0.2, -0.15) is 13.2 Å². The third-order valence-corrected chi connectivity index (χ3v) is 8.75. The summed E-state index contributed by atoms with van der Waals surface area (Å²) < 4.78 is 51.1. The van der Waals surface area contributed by atoms with E-state index in [4.69, 9.17) is 9.47 Å². The monoisotopic (exact) mass is 654 g/mol. The number of carbonyl (C=O) groups is 2. The van der Waals surface area contributed by atoms with Crippen molar-refractivity contribution >= 4 is 31.7 Å². The van der Waals surface area contributed by atoms with Gasteiger partial charge >= 0.3 is 12.3 Å². The molecule has 1 aliphatic heterocycles. The molecule has 2 amide bonds. The molecule has 0 aromatic carbocycles. The molecule has 0 unspecified atom stereocenters. The van der Waals surface area contributed by atoms with Crippen molar-refractivity contribution in [3.8, 4) is 0 Å². The minimum absolute atomic E-state index is 0.0490. The highest BCUT2D eigenvalue weighted by Gasteiger charge is 2.31. The topological polar surface area (TPSA) is 110 Å². The summed E-state index contributed by atoms with van der Waals surface area (Å²) in [6.07, 6.45) is -3.83. The summed E-state index contributed by atoms with van der Waals surface area (Å²) >= 11 is 0. The molecule has 1 aliphatic rings. The van der Waals surface area contributed by atoms with Crippen LogP contribution in [0.1, 0.15) is 44.7 Å². The van der Waals surface area contributed by atoms with E-state index >= 15 is 0 Å². The molecule has 15 heteroatoms. The minimum Gasteiger partial charge on any atom is -0.443 e. The molecule has 250 valence electrons. The van der Waals surface area contributed by atoms with Gasteiger partial charge in [-0.15, -0.1) is 5.10 Å². The zero-order valence-electron chi connectivity index (χ0n) is 27.2. The lowest BCUT2D eigenvalue weighted by Crippen LogP contribution is -2.49. The number of aromatic nitrogens is 3. The Kier molecular flexibility index (Phi) is 11.8. The van der Waals surface area contributed by atoms with Gasteiger partial charge in [0.2, 0.25) is 5.91 Å². The van der Waals surface area contributed by atoms with Crippen LogP contribution in [0.5, 0.6) is 0 Å². The van der Waals surface area contributed by atoms with Gasteiger partial charge in [-0.1, -0.05) is 19.6 Å². The maximum Gasteiger partial charge on any atom is 0.417 e. The molecule has 0 aliphatic carbocycles. The van der Waals surface area contributed by atoms with Crippen LogP contribution < -0.4 is 15.4 Å². The Bertz CT molecular complexity index is 1360. The van der Waals surface area contributed by atoms with E-state index in [-0.39, 0.29) is 37.0 Å². The summed E-state index contributed by atoms with van der Waals surface area (Å²) in [4.78, 5) is 47.9. The summed E-state index contributed by atoms with van der Waals surface area (Å²) in [7, 11) is -1.32. The number of ether oxygens (including phenoxy) is 2. The molecule has 2 aromatic heterocycles. The van der Waals surface area contributed by atoms with Gasteiger partial charge in [-0.05, 0) is 58.4 Å². The van der Waals surface area contributed by atoms with Crippen LogP contribution >= 0.6 is 0 Å². The number of carbonyl (C=O) groups excluding carboxylic acids is 2. The zero-order valence-corrected chi connectivity index (χ0v) is 28.2. The minimum atomic E-state index is -4.45. The van der Waals surface area contributed by atoms with Crippen molar-refractivity contribution < 1.29 is 32.2 Å². The predicted octanol–water partition coefficient (Wildman–Crippen LogP) is 5.15. The third-order valence-electron chi connectivity index (χ3n) is 7.04. The van der Waals surface area contributed by atoms with Crippen molar-refractivity contribution in [2.75, 3.05) is 49.1 Å². The van der Waals surface area contributed by atoms with Crippen LogP contribution in [-0.2, 0) is 27.2 Å². The highest BCUT2D eigenvalue weighted by Crippen LogP contribution is 2.29. The molecule has 3 rings (SSSR count). The lowest BCUT2D eigenvalue weighted by Gasteiger charge is -2.35. The summed E-state index contributed by atoms with van der Waals surface area (Å²) in [5.74, 6) is 0.540. The van der Waals surface area contributed by atoms with Crippen LogP contribution in [0.2, 0.25) is 25.7 Å². The Morgan fingerprint density at radius 2 is 1.73 bits per heavy atom. The first kappa shape index (κ1) is 36.0. The molecule has 0 bridgehead atoms. The number of anilines is 2. The van der Waals surface area contributed by atoms with Crippen molar-refractivity contribution in [2.45, 2.75) is 84.7 Å². The molecular formula is C30H45F3N6O5Si. The van der Waals surface area contributed by atoms with Gasteiger partial charge in [0.05, 0.1) is 5.56 Å². The first-order valence-electron chi connectivity index (χ1n) is 15.1. The van der Waals surface area contributed by atoms with Crippen LogP contribution in [0.3, 0.4) is 0 Å². The van der Waals surface area contributed by atoms with Crippen LogP contribution in [0.4, 0.5) is 29.6 Å². The van der Waals surface area contributed by atoms with Gasteiger partial charge in [0, 0.05) is 65.6 Å². The highest BCUT2D eigenvalue weighted by atomic mass is 28.3. The number of amides is 2. The van der Waals surface area contributed by atoms with Crippen molar-refractivity contribution in [3.63, 3.8) is 0 Å². The molecule has 3 heterocycles. The Morgan fingerprint density at radius 3 is 2.29 bits per heavy atom. The molecule has 0 saturated carbocycles. The molecular weight excluding hydrogens is 609 g/mol. The SMILES string of the molecule is Cc1cc(N(CCCC(=O)N2CCN(c3ccc(C(F)(F)F)cn3)CC2)C(=O)OC(C)(C)C)nn(COCC[Si](C)(C)C)c1=O. The molecule has 1 fully saturated rings. The van der Waals surface area contributed by atoms with Gasteiger partial charge in [0.25, 0.3) is 5.56 Å². The molecule has 0 N–H and O–H groups in total. The molecule has 11 nitrogen and oxygen atoms in total. The van der Waals surface area contributed by atoms with Crippen molar-refractivity contribution in [2.24, 2.45) is 0 Å². The van der Waals surface area contributed by atoms with Crippen molar-refractivity contribution in [1.82, 2.24) is 19.7 Å². The lowest BCUT2D eigenvalue weighted by atomic mass is 10.2. The highest BCUT2D eigenvalue weighted by molar-refractivity contribution is 6.76. The van der Waals surface area contributed by atoms with E-state index in [1.807, 2.05) is 4.90 Å². The Balaban J connectivity index is 1.63. The number of hydrogen-bond donors (Lipinski definition) is 0. The fourth-order valence-electron chi connectivity index (χ4n) is 4.49. The smallest absolute Gasteiger partial charge is 0.417 e. The van der Waals surface area contributed by atoms with Gasteiger partial charge < -0.3 is 19.3 Å². The van der Waals surface area contributed by atoms with Crippen LogP contribution in [0.15, 0.2) is 29.2 Å². The fourth-order valence-corrected chi connectivity index (χ4v) is 5.25. The number of halogens is 3. The first-order chi connectivity index (χ1) is 20.8. The fraction of sp³-hybridized carbons (Fsp3) is 0.633. The second-order valence-corrected chi connectivity index (χ2v) is 19.0. The molecule has 0 atom stereocenters. The molecule has 1 saturated heterocycles. The third kappa shape index (κ3) is 11.1. The number of aryl methyl sites for hydroxylation is 1. The van der Waals surface area contributed by atoms with Crippen molar-refractivity contribution in [3.05, 3.63) is 45.9 Å². The number of rotatable bonds is 11. The number of hydrogen-bond acceptors (Lipinski definition) is 8. The van der Waals surface area contributed by atoms with E-state index in [2.05, 4.69) is 29.7 Å². The maximum absolute atomic E-state index is 13.2. The van der Waals surface area contributed by atoms with Crippen LogP contribution in [0.25, 0.3) is 0 Å². The second kappa shape index (κ2) is 14.8. The molecule has 0 spiro atoms. The van der Waals surface area contributed by atoms with Crippen LogP contribution in [-0.4, -0.2) is 84.7 Å². The number of alkyl halides is 3.